The van der Waals surface area contributed by atoms with Gasteiger partial charge in [-0.2, -0.15) is 0 Å². The van der Waals surface area contributed by atoms with Gasteiger partial charge in [0, 0.05) is 24.2 Å². The lowest BCUT2D eigenvalue weighted by atomic mass is 10.1. The predicted molar refractivity (Wildman–Crippen MR) is 174 cm³/mol. The Morgan fingerprint density at radius 3 is 1.19 bits per heavy atom. The third-order valence-electron chi connectivity index (χ3n) is 7.44. The molecule has 2 rings (SSSR count). The number of unbranched alkanes of at least 4 members (excludes halogenated alkanes) is 13. The molecule has 0 unspecified atom stereocenters. The minimum Gasteiger partial charge on any atom is -0.494 e. The minimum atomic E-state index is -0.0307. The quantitative estimate of drug-likeness (QED) is 0.115. The van der Waals surface area contributed by atoms with Crippen LogP contribution in [0, 0.1) is 0 Å². The average molecular weight is 581 g/mol. The van der Waals surface area contributed by atoms with E-state index in [1.807, 2.05) is 48.5 Å². The molecule has 0 heterocycles. The largest absolute Gasteiger partial charge is 0.494 e. The van der Waals surface area contributed by atoms with E-state index in [1.165, 1.54) is 51.4 Å². The van der Waals surface area contributed by atoms with Crippen molar-refractivity contribution >= 4 is 11.8 Å². The highest BCUT2D eigenvalue weighted by Crippen LogP contribution is 2.15. The van der Waals surface area contributed by atoms with Gasteiger partial charge in [-0.1, -0.05) is 90.9 Å². The number of amides is 2. The molecule has 6 heteroatoms. The highest BCUT2D eigenvalue weighted by molar-refractivity contribution is 5.94. The van der Waals surface area contributed by atoms with Crippen molar-refractivity contribution in [3.8, 4) is 11.5 Å². The Labute approximate surface area is 255 Å². The Kier molecular flexibility index (Phi) is 19.7. The summed E-state index contributed by atoms with van der Waals surface area (Å²) in [6.07, 6.45) is 18.6. The van der Waals surface area contributed by atoms with Crippen molar-refractivity contribution < 1.29 is 19.1 Å². The third kappa shape index (κ3) is 16.4. The maximum atomic E-state index is 12.4. The summed E-state index contributed by atoms with van der Waals surface area (Å²) >= 11 is 0. The Morgan fingerprint density at radius 1 is 0.476 bits per heavy atom. The van der Waals surface area contributed by atoms with E-state index >= 15 is 0 Å². The van der Waals surface area contributed by atoms with E-state index in [-0.39, 0.29) is 11.8 Å². The zero-order chi connectivity index (χ0) is 30.1. The molecular weight excluding hydrogens is 524 g/mol. The number of benzene rings is 2. The molecule has 6 nitrogen and oxygen atoms in total. The van der Waals surface area contributed by atoms with Crippen molar-refractivity contribution in [3.05, 3.63) is 59.7 Å². The number of rotatable bonds is 25. The normalized spacial score (nSPS) is 10.8. The molecule has 0 aliphatic heterocycles. The van der Waals surface area contributed by atoms with Gasteiger partial charge in [0.2, 0.25) is 0 Å². The zero-order valence-electron chi connectivity index (χ0n) is 26.4. The predicted octanol–water partition coefficient (Wildman–Crippen LogP) is 8.89. The molecule has 0 saturated heterocycles. The molecule has 0 atom stereocenters. The van der Waals surface area contributed by atoms with Crippen LogP contribution < -0.4 is 20.1 Å². The minimum absolute atomic E-state index is 0.0307. The number of carbonyl (C=O) groups is 2. The standard InChI is InChI=1S/C36H56N2O4/c1-3-5-7-13-17-29-41-33-23-19-31(20-24-33)35(39)37-27-15-11-9-10-12-16-28-38-36(40)32-21-25-34(26-22-32)42-30-18-14-8-6-4-2/h19-26H,3-18,27-30H2,1-2H3,(H,37,39)(H,38,40). The molecule has 0 aliphatic rings. The Morgan fingerprint density at radius 2 is 0.810 bits per heavy atom. The van der Waals surface area contributed by atoms with Crippen molar-refractivity contribution in [2.45, 2.75) is 117 Å². The van der Waals surface area contributed by atoms with Crippen LogP contribution in [-0.2, 0) is 0 Å². The SMILES string of the molecule is CCCCCCCOc1ccc(C(=O)NCCCCCCCCNC(=O)c2ccc(OCCCCCCC)cc2)cc1. The second kappa shape index (κ2) is 23.5. The van der Waals surface area contributed by atoms with E-state index < -0.39 is 0 Å². The summed E-state index contributed by atoms with van der Waals surface area (Å²) in [5, 5.41) is 6.03. The molecule has 0 bridgehead atoms. The van der Waals surface area contributed by atoms with E-state index in [0.29, 0.717) is 24.2 Å². The van der Waals surface area contributed by atoms with Crippen LogP contribution in [0.5, 0.6) is 11.5 Å². The Hall–Kier alpha value is -3.02. The summed E-state index contributed by atoms with van der Waals surface area (Å²) in [5.41, 5.74) is 1.34. The topological polar surface area (TPSA) is 76.7 Å². The van der Waals surface area contributed by atoms with Crippen molar-refractivity contribution in [1.82, 2.24) is 10.6 Å². The van der Waals surface area contributed by atoms with Crippen LogP contribution in [0.2, 0.25) is 0 Å². The van der Waals surface area contributed by atoms with Gasteiger partial charge in [0.25, 0.3) is 11.8 Å². The molecule has 0 saturated carbocycles. The van der Waals surface area contributed by atoms with E-state index in [1.54, 1.807) is 0 Å². The summed E-state index contributed by atoms with van der Waals surface area (Å²) in [6, 6.07) is 14.9. The lowest BCUT2D eigenvalue weighted by Crippen LogP contribution is -2.24. The van der Waals surface area contributed by atoms with E-state index in [0.717, 1.165) is 76.1 Å². The lowest BCUT2D eigenvalue weighted by molar-refractivity contribution is 0.0944. The molecule has 0 spiro atoms. The van der Waals surface area contributed by atoms with Gasteiger partial charge in [-0.25, -0.2) is 0 Å². The second-order valence-corrected chi connectivity index (χ2v) is 11.2. The fourth-order valence-electron chi connectivity index (χ4n) is 4.76. The average Bonchev–Trinajstić information content (AvgIpc) is 3.02. The first-order valence-electron chi connectivity index (χ1n) is 16.7. The fraction of sp³-hybridized carbons (Fsp3) is 0.611. The molecule has 2 aromatic carbocycles. The van der Waals surface area contributed by atoms with Crippen LogP contribution >= 0.6 is 0 Å². The first kappa shape index (κ1) is 35.2. The number of hydrogen-bond donors (Lipinski definition) is 2. The van der Waals surface area contributed by atoms with Crippen molar-refractivity contribution in [1.29, 1.82) is 0 Å². The van der Waals surface area contributed by atoms with Crippen molar-refractivity contribution in [2.75, 3.05) is 26.3 Å². The van der Waals surface area contributed by atoms with Gasteiger partial charge in [0.1, 0.15) is 11.5 Å². The zero-order valence-corrected chi connectivity index (χ0v) is 26.4. The van der Waals surface area contributed by atoms with Crippen LogP contribution in [0.25, 0.3) is 0 Å². The van der Waals surface area contributed by atoms with Crippen LogP contribution in [0.1, 0.15) is 137 Å². The molecule has 0 radical (unpaired) electrons. The van der Waals surface area contributed by atoms with Crippen LogP contribution in [-0.4, -0.2) is 38.1 Å². The molecular formula is C36H56N2O4. The maximum absolute atomic E-state index is 12.4. The Balaban J connectivity index is 1.44. The van der Waals surface area contributed by atoms with Gasteiger partial charge in [0.15, 0.2) is 0 Å². The second-order valence-electron chi connectivity index (χ2n) is 11.2. The molecule has 0 fully saturated rings. The van der Waals surface area contributed by atoms with E-state index in [2.05, 4.69) is 24.5 Å². The highest BCUT2D eigenvalue weighted by Gasteiger charge is 2.06. The molecule has 42 heavy (non-hydrogen) atoms. The van der Waals surface area contributed by atoms with Gasteiger partial charge in [-0.15, -0.1) is 0 Å². The maximum Gasteiger partial charge on any atom is 0.251 e. The summed E-state index contributed by atoms with van der Waals surface area (Å²) < 4.78 is 11.6. The molecule has 0 aliphatic carbocycles. The summed E-state index contributed by atoms with van der Waals surface area (Å²) in [5.74, 6) is 1.59. The van der Waals surface area contributed by atoms with Gasteiger partial charge in [-0.05, 0) is 74.2 Å². The highest BCUT2D eigenvalue weighted by atomic mass is 16.5. The van der Waals surface area contributed by atoms with Crippen LogP contribution in [0.15, 0.2) is 48.5 Å². The third-order valence-corrected chi connectivity index (χ3v) is 7.44. The van der Waals surface area contributed by atoms with E-state index in [9.17, 15) is 9.59 Å². The van der Waals surface area contributed by atoms with Gasteiger partial charge in [-0.3, -0.25) is 9.59 Å². The Bertz CT molecular complexity index is 880. The molecule has 0 aromatic heterocycles. The number of nitrogens with one attached hydrogen (secondary N) is 2. The molecule has 2 aromatic rings. The van der Waals surface area contributed by atoms with Gasteiger partial charge < -0.3 is 20.1 Å². The monoisotopic (exact) mass is 580 g/mol. The summed E-state index contributed by atoms with van der Waals surface area (Å²) in [4.78, 5) is 24.8. The van der Waals surface area contributed by atoms with Crippen LogP contribution in [0.4, 0.5) is 0 Å². The number of hydrogen-bond acceptors (Lipinski definition) is 4. The van der Waals surface area contributed by atoms with Crippen LogP contribution in [0.3, 0.4) is 0 Å². The number of carbonyl (C=O) groups excluding carboxylic acids is 2. The van der Waals surface area contributed by atoms with Gasteiger partial charge >= 0.3 is 0 Å². The first-order valence-corrected chi connectivity index (χ1v) is 16.7. The smallest absolute Gasteiger partial charge is 0.251 e. The summed E-state index contributed by atoms with van der Waals surface area (Å²) in [6.45, 7) is 7.27. The van der Waals surface area contributed by atoms with E-state index in [4.69, 9.17) is 9.47 Å². The molecule has 2 N–H and O–H groups in total. The lowest BCUT2D eigenvalue weighted by Gasteiger charge is -2.09. The van der Waals surface area contributed by atoms with Crippen molar-refractivity contribution in [3.63, 3.8) is 0 Å². The molecule has 2 amide bonds. The fourth-order valence-corrected chi connectivity index (χ4v) is 4.76. The number of ether oxygens (including phenoxy) is 2. The van der Waals surface area contributed by atoms with Gasteiger partial charge in [0.05, 0.1) is 13.2 Å². The van der Waals surface area contributed by atoms with Crippen molar-refractivity contribution in [2.24, 2.45) is 0 Å². The summed E-state index contributed by atoms with van der Waals surface area (Å²) in [7, 11) is 0. The molecule has 234 valence electrons. The first-order chi connectivity index (χ1) is 20.6.